The summed E-state index contributed by atoms with van der Waals surface area (Å²) in [6.45, 7) is 6.05. The molecule has 0 radical (unpaired) electrons. The number of amides is 1. The number of benzene rings is 2. The van der Waals surface area contributed by atoms with Gasteiger partial charge in [0.25, 0.3) is 5.91 Å². The highest BCUT2D eigenvalue weighted by molar-refractivity contribution is 6.31. The van der Waals surface area contributed by atoms with E-state index in [0.29, 0.717) is 16.3 Å². The molecule has 150 valence electrons. The van der Waals surface area contributed by atoms with Gasteiger partial charge in [0.2, 0.25) is 0 Å². The molecular formula is C23H25ClN4O. The summed E-state index contributed by atoms with van der Waals surface area (Å²) in [6, 6.07) is 13.5. The van der Waals surface area contributed by atoms with Crippen LogP contribution in [0.4, 0.5) is 5.69 Å². The summed E-state index contributed by atoms with van der Waals surface area (Å²) < 4.78 is 1.96. The first kappa shape index (κ1) is 19.7. The fourth-order valence-electron chi connectivity index (χ4n) is 4.02. The van der Waals surface area contributed by atoms with Crippen LogP contribution in [-0.4, -0.2) is 28.8 Å². The van der Waals surface area contributed by atoms with Gasteiger partial charge in [-0.05, 0) is 69.6 Å². The number of hydrogen-bond acceptors (Lipinski definition) is 3. The molecule has 2 aromatic carbocycles. The molecule has 0 atom stereocenters. The molecule has 3 aromatic rings. The summed E-state index contributed by atoms with van der Waals surface area (Å²) in [6.07, 6.45) is 3.65. The molecule has 5 nitrogen and oxygen atoms in total. The van der Waals surface area contributed by atoms with Crippen LogP contribution in [0.1, 0.15) is 45.9 Å². The molecule has 1 aromatic heterocycles. The SMILES string of the molecule is Cc1ccc(-n2ncc(C(=O)Nc3cccc(Cl)c3)c2C2CCNCC2)c(C)c1. The molecule has 1 aliphatic rings. The topological polar surface area (TPSA) is 59.0 Å². The van der Waals surface area contributed by atoms with Gasteiger partial charge in [-0.25, -0.2) is 4.68 Å². The Morgan fingerprint density at radius 1 is 1.17 bits per heavy atom. The lowest BCUT2D eigenvalue weighted by molar-refractivity contribution is 0.102. The van der Waals surface area contributed by atoms with Crippen LogP contribution in [-0.2, 0) is 0 Å². The normalized spacial score (nSPS) is 14.7. The highest BCUT2D eigenvalue weighted by atomic mass is 35.5. The summed E-state index contributed by atoms with van der Waals surface area (Å²) in [5.41, 5.74) is 5.66. The Morgan fingerprint density at radius 2 is 1.97 bits per heavy atom. The second-order valence-corrected chi connectivity index (χ2v) is 8.07. The molecule has 1 aliphatic heterocycles. The van der Waals surface area contributed by atoms with E-state index in [1.807, 2.05) is 16.8 Å². The van der Waals surface area contributed by atoms with Crippen molar-refractivity contribution in [3.8, 4) is 5.69 Å². The predicted octanol–water partition coefficient (Wildman–Crippen LogP) is 4.86. The van der Waals surface area contributed by atoms with E-state index in [1.165, 1.54) is 5.56 Å². The van der Waals surface area contributed by atoms with Crippen LogP contribution in [0.15, 0.2) is 48.7 Å². The highest BCUT2D eigenvalue weighted by Crippen LogP contribution is 2.31. The van der Waals surface area contributed by atoms with Crippen molar-refractivity contribution in [3.63, 3.8) is 0 Å². The standard InChI is InChI=1S/C23H25ClN4O/c1-15-6-7-21(16(2)12-15)28-22(17-8-10-25-11-9-17)20(14-26-28)23(29)27-19-5-3-4-18(24)13-19/h3-7,12-14,17,25H,8-11H2,1-2H3,(H,27,29). The number of carbonyl (C=O) groups excluding carboxylic acids is 1. The number of aryl methyl sites for hydroxylation is 2. The maximum absolute atomic E-state index is 13.1. The molecule has 0 bridgehead atoms. The van der Waals surface area contributed by atoms with Gasteiger partial charge in [-0.15, -0.1) is 0 Å². The van der Waals surface area contributed by atoms with Crippen molar-refractivity contribution in [2.24, 2.45) is 0 Å². The minimum Gasteiger partial charge on any atom is -0.322 e. The summed E-state index contributed by atoms with van der Waals surface area (Å²) in [5.74, 6) is 0.122. The van der Waals surface area contributed by atoms with Crippen LogP contribution in [0.2, 0.25) is 5.02 Å². The maximum atomic E-state index is 13.1. The first-order valence-corrected chi connectivity index (χ1v) is 10.3. The van der Waals surface area contributed by atoms with Crippen LogP contribution >= 0.6 is 11.6 Å². The molecule has 29 heavy (non-hydrogen) atoms. The number of carbonyl (C=O) groups is 1. The Balaban J connectivity index is 1.75. The van der Waals surface area contributed by atoms with E-state index in [4.69, 9.17) is 11.6 Å². The second kappa shape index (κ2) is 8.39. The Hall–Kier alpha value is -2.63. The lowest BCUT2D eigenvalue weighted by Gasteiger charge is -2.25. The van der Waals surface area contributed by atoms with E-state index in [0.717, 1.165) is 42.9 Å². The van der Waals surface area contributed by atoms with Crippen LogP contribution in [0.25, 0.3) is 5.69 Å². The Bertz CT molecular complexity index is 1040. The molecule has 2 heterocycles. The third-order valence-electron chi connectivity index (χ3n) is 5.44. The van der Waals surface area contributed by atoms with Gasteiger partial charge < -0.3 is 10.6 Å². The molecule has 0 spiro atoms. The molecule has 0 saturated carbocycles. The lowest BCUT2D eigenvalue weighted by atomic mass is 9.91. The predicted molar refractivity (Wildman–Crippen MR) is 117 cm³/mol. The highest BCUT2D eigenvalue weighted by Gasteiger charge is 2.27. The Morgan fingerprint density at radius 3 is 2.69 bits per heavy atom. The Labute approximate surface area is 176 Å². The summed E-state index contributed by atoms with van der Waals surface area (Å²) in [7, 11) is 0. The fraction of sp³-hybridized carbons (Fsp3) is 0.304. The van der Waals surface area contributed by atoms with E-state index in [1.54, 1.807) is 18.3 Å². The summed E-state index contributed by atoms with van der Waals surface area (Å²) in [5, 5.41) is 11.6. The van der Waals surface area contributed by atoms with Crippen molar-refractivity contribution < 1.29 is 4.79 Å². The van der Waals surface area contributed by atoms with Crippen molar-refractivity contribution in [3.05, 3.63) is 76.1 Å². The molecular weight excluding hydrogens is 384 g/mol. The third-order valence-corrected chi connectivity index (χ3v) is 5.67. The van der Waals surface area contributed by atoms with Crippen LogP contribution in [0.5, 0.6) is 0 Å². The van der Waals surface area contributed by atoms with Crippen LogP contribution in [0.3, 0.4) is 0 Å². The minimum atomic E-state index is -0.156. The number of nitrogens with zero attached hydrogens (tertiary/aromatic N) is 2. The van der Waals surface area contributed by atoms with Gasteiger partial charge >= 0.3 is 0 Å². The summed E-state index contributed by atoms with van der Waals surface area (Å²) >= 11 is 6.07. The molecule has 1 fully saturated rings. The number of anilines is 1. The van der Waals surface area contributed by atoms with E-state index < -0.39 is 0 Å². The third kappa shape index (κ3) is 4.21. The zero-order valence-corrected chi connectivity index (χ0v) is 17.5. The largest absolute Gasteiger partial charge is 0.322 e. The van der Waals surface area contributed by atoms with Gasteiger partial charge in [-0.1, -0.05) is 35.4 Å². The van der Waals surface area contributed by atoms with Gasteiger partial charge in [0.15, 0.2) is 0 Å². The van der Waals surface area contributed by atoms with Gasteiger partial charge in [0, 0.05) is 16.6 Å². The van der Waals surface area contributed by atoms with Crippen molar-refractivity contribution in [1.82, 2.24) is 15.1 Å². The monoisotopic (exact) mass is 408 g/mol. The number of nitrogens with one attached hydrogen (secondary N) is 2. The van der Waals surface area contributed by atoms with E-state index in [9.17, 15) is 4.79 Å². The van der Waals surface area contributed by atoms with E-state index in [2.05, 4.69) is 47.8 Å². The Kier molecular flexibility index (Phi) is 5.69. The van der Waals surface area contributed by atoms with Gasteiger partial charge in [-0.2, -0.15) is 5.10 Å². The average Bonchev–Trinajstić information content (AvgIpc) is 3.13. The van der Waals surface area contributed by atoms with Gasteiger partial charge in [-0.3, -0.25) is 4.79 Å². The number of hydrogen-bond donors (Lipinski definition) is 2. The molecule has 4 rings (SSSR count). The molecule has 1 amide bonds. The molecule has 0 aliphatic carbocycles. The average molecular weight is 409 g/mol. The molecule has 6 heteroatoms. The minimum absolute atomic E-state index is 0.156. The van der Waals surface area contributed by atoms with Crippen molar-refractivity contribution in [2.75, 3.05) is 18.4 Å². The smallest absolute Gasteiger partial charge is 0.259 e. The second-order valence-electron chi connectivity index (χ2n) is 7.63. The first-order chi connectivity index (χ1) is 14.0. The maximum Gasteiger partial charge on any atom is 0.259 e. The van der Waals surface area contributed by atoms with E-state index in [-0.39, 0.29) is 11.8 Å². The lowest BCUT2D eigenvalue weighted by Crippen LogP contribution is -2.29. The van der Waals surface area contributed by atoms with E-state index >= 15 is 0 Å². The molecule has 1 saturated heterocycles. The number of aromatic nitrogens is 2. The van der Waals surface area contributed by atoms with Crippen molar-refractivity contribution in [1.29, 1.82) is 0 Å². The first-order valence-electron chi connectivity index (χ1n) is 9.96. The van der Waals surface area contributed by atoms with Crippen LogP contribution in [0, 0.1) is 13.8 Å². The van der Waals surface area contributed by atoms with Gasteiger partial charge in [0.1, 0.15) is 0 Å². The van der Waals surface area contributed by atoms with Crippen LogP contribution < -0.4 is 10.6 Å². The van der Waals surface area contributed by atoms with Gasteiger partial charge in [0.05, 0.1) is 23.1 Å². The zero-order chi connectivity index (χ0) is 20.4. The molecule has 0 unspecified atom stereocenters. The summed E-state index contributed by atoms with van der Waals surface area (Å²) in [4.78, 5) is 13.1. The fourth-order valence-corrected chi connectivity index (χ4v) is 4.21. The van der Waals surface area contributed by atoms with Crippen molar-refractivity contribution in [2.45, 2.75) is 32.6 Å². The number of halogens is 1. The number of piperidine rings is 1. The number of rotatable bonds is 4. The zero-order valence-electron chi connectivity index (χ0n) is 16.7. The molecule has 2 N–H and O–H groups in total. The quantitative estimate of drug-likeness (QED) is 0.648. The van der Waals surface area contributed by atoms with Crippen molar-refractivity contribution >= 4 is 23.2 Å².